The molecule has 0 aromatic heterocycles. The summed E-state index contributed by atoms with van der Waals surface area (Å²) in [5.74, 6) is -6.11. The average Bonchev–Trinajstić information content (AvgIpc) is 2.96. The minimum absolute atomic E-state index is 0.0112. The molecule has 3 aromatic rings. The maximum atomic E-state index is 14.3. The number of nitrogens with zero attached hydrogens (tertiary/aromatic N) is 1. The third kappa shape index (κ3) is 3.77. The van der Waals surface area contributed by atoms with Crippen LogP contribution in [0.5, 0.6) is 0 Å². The SMILES string of the molecule is O=C1C(Nc2ccc(F)c(F)c2)=C(c2ccc(Cl)cc2)C(=O)N1c1ccc(F)cc1F. The lowest BCUT2D eigenvalue weighted by molar-refractivity contribution is -0.120. The van der Waals surface area contributed by atoms with Crippen LogP contribution < -0.4 is 10.2 Å². The van der Waals surface area contributed by atoms with Crippen molar-refractivity contribution in [2.45, 2.75) is 0 Å². The first-order valence-corrected chi connectivity index (χ1v) is 9.20. The number of carbonyl (C=O) groups excluding carboxylic acids is 2. The van der Waals surface area contributed by atoms with Crippen LogP contribution in [0, 0.1) is 23.3 Å². The average molecular weight is 447 g/mol. The second-order valence-corrected chi connectivity index (χ2v) is 6.99. The van der Waals surface area contributed by atoms with Gasteiger partial charge in [-0.25, -0.2) is 22.5 Å². The van der Waals surface area contributed by atoms with Crippen LogP contribution >= 0.6 is 11.6 Å². The van der Waals surface area contributed by atoms with Crippen molar-refractivity contribution in [3.8, 4) is 0 Å². The fourth-order valence-electron chi connectivity index (χ4n) is 3.13. The minimum atomic E-state index is -1.17. The molecule has 1 heterocycles. The van der Waals surface area contributed by atoms with Crippen LogP contribution in [-0.2, 0) is 9.59 Å². The summed E-state index contributed by atoms with van der Waals surface area (Å²) in [5, 5.41) is 2.99. The molecule has 9 heteroatoms. The lowest BCUT2D eigenvalue weighted by Crippen LogP contribution is -2.33. The summed E-state index contributed by atoms with van der Waals surface area (Å²) in [5.41, 5.74) is -0.622. The summed E-state index contributed by atoms with van der Waals surface area (Å²) in [7, 11) is 0. The molecule has 1 aliphatic heterocycles. The largest absolute Gasteiger partial charge is 0.350 e. The van der Waals surface area contributed by atoms with Crippen molar-refractivity contribution in [2.75, 3.05) is 10.2 Å². The molecule has 3 aromatic carbocycles. The molecule has 0 atom stereocenters. The van der Waals surface area contributed by atoms with E-state index in [9.17, 15) is 27.2 Å². The van der Waals surface area contributed by atoms with Crippen molar-refractivity contribution in [1.29, 1.82) is 0 Å². The predicted octanol–water partition coefficient (Wildman–Crippen LogP) is 5.29. The molecular weight excluding hydrogens is 436 g/mol. The topological polar surface area (TPSA) is 49.4 Å². The summed E-state index contributed by atoms with van der Waals surface area (Å²) < 4.78 is 54.6. The smallest absolute Gasteiger partial charge is 0.282 e. The number of amides is 2. The maximum Gasteiger partial charge on any atom is 0.282 e. The second-order valence-electron chi connectivity index (χ2n) is 6.55. The van der Waals surface area contributed by atoms with E-state index < -0.39 is 40.8 Å². The molecular formula is C22H11ClF4N2O2. The standard InChI is InChI=1S/C22H11ClF4N2O2/c23-12-3-1-11(2-4-12)19-20(28-14-6-7-15(25)16(26)10-14)22(31)29(21(19)30)18-8-5-13(24)9-17(18)27/h1-10,28H. The van der Waals surface area contributed by atoms with Crippen LogP contribution in [0.1, 0.15) is 5.56 Å². The highest BCUT2D eigenvalue weighted by atomic mass is 35.5. The summed E-state index contributed by atoms with van der Waals surface area (Å²) in [6.07, 6.45) is 0. The van der Waals surface area contributed by atoms with E-state index in [2.05, 4.69) is 5.32 Å². The number of hydrogen-bond donors (Lipinski definition) is 1. The minimum Gasteiger partial charge on any atom is -0.350 e. The van der Waals surface area contributed by atoms with E-state index in [0.717, 1.165) is 24.3 Å². The highest BCUT2D eigenvalue weighted by Crippen LogP contribution is 2.35. The Morgan fingerprint density at radius 3 is 2.10 bits per heavy atom. The summed E-state index contributed by atoms with van der Waals surface area (Å²) in [4.78, 5) is 26.8. The molecule has 2 amide bonds. The van der Waals surface area contributed by atoms with Crippen molar-refractivity contribution in [3.05, 3.63) is 100 Å². The quantitative estimate of drug-likeness (QED) is 0.437. The number of hydrogen-bond acceptors (Lipinski definition) is 3. The zero-order valence-corrected chi connectivity index (χ0v) is 16.2. The first-order chi connectivity index (χ1) is 14.8. The van der Waals surface area contributed by atoms with Crippen molar-refractivity contribution in [3.63, 3.8) is 0 Å². The number of carbonyl (C=O) groups is 2. The normalized spacial score (nSPS) is 13.9. The van der Waals surface area contributed by atoms with E-state index in [1.165, 1.54) is 30.3 Å². The Morgan fingerprint density at radius 1 is 0.742 bits per heavy atom. The van der Waals surface area contributed by atoms with E-state index in [0.29, 0.717) is 16.0 Å². The second kappa shape index (κ2) is 7.88. The fraction of sp³-hybridized carbons (Fsp3) is 0. The van der Waals surface area contributed by atoms with Crippen LogP contribution in [-0.4, -0.2) is 11.8 Å². The van der Waals surface area contributed by atoms with Gasteiger partial charge in [0.1, 0.15) is 17.3 Å². The van der Waals surface area contributed by atoms with Crippen molar-refractivity contribution < 1.29 is 27.2 Å². The van der Waals surface area contributed by atoms with Gasteiger partial charge in [-0.3, -0.25) is 9.59 Å². The Bertz CT molecular complexity index is 1260. The van der Waals surface area contributed by atoms with E-state index in [-0.39, 0.29) is 22.5 Å². The Hall–Kier alpha value is -3.65. The van der Waals surface area contributed by atoms with Gasteiger partial charge in [0, 0.05) is 22.8 Å². The van der Waals surface area contributed by atoms with E-state index in [4.69, 9.17) is 11.6 Å². The maximum absolute atomic E-state index is 14.3. The van der Waals surface area contributed by atoms with Crippen LogP contribution in [0.2, 0.25) is 5.02 Å². The Balaban J connectivity index is 1.84. The van der Waals surface area contributed by atoms with Gasteiger partial charge < -0.3 is 5.32 Å². The third-order valence-corrected chi connectivity index (χ3v) is 4.81. The van der Waals surface area contributed by atoms with Crippen LogP contribution in [0.4, 0.5) is 28.9 Å². The highest BCUT2D eigenvalue weighted by molar-refractivity contribution is 6.46. The molecule has 0 aliphatic carbocycles. The van der Waals surface area contributed by atoms with Crippen molar-refractivity contribution in [2.24, 2.45) is 0 Å². The van der Waals surface area contributed by atoms with Gasteiger partial charge in [-0.2, -0.15) is 0 Å². The molecule has 0 unspecified atom stereocenters. The van der Waals surface area contributed by atoms with Gasteiger partial charge >= 0.3 is 0 Å². The fourth-order valence-corrected chi connectivity index (χ4v) is 3.26. The molecule has 1 N–H and O–H groups in total. The van der Waals surface area contributed by atoms with E-state index in [1.54, 1.807) is 0 Å². The molecule has 0 bridgehead atoms. The Morgan fingerprint density at radius 2 is 1.45 bits per heavy atom. The van der Waals surface area contributed by atoms with Gasteiger partial charge in [-0.05, 0) is 42.0 Å². The molecule has 0 radical (unpaired) electrons. The lowest BCUT2D eigenvalue weighted by atomic mass is 10.0. The summed E-state index contributed by atoms with van der Waals surface area (Å²) >= 11 is 5.89. The zero-order valence-electron chi connectivity index (χ0n) is 15.4. The van der Waals surface area contributed by atoms with Crippen molar-refractivity contribution in [1.82, 2.24) is 0 Å². The van der Waals surface area contributed by atoms with Gasteiger partial charge in [-0.15, -0.1) is 0 Å². The summed E-state index contributed by atoms with van der Waals surface area (Å²) in [6, 6.07) is 11.1. The monoisotopic (exact) mass is 446 g/mol. The molecule has 0 spiro atoms. The number of benzene rings is 3. The van der Waals surface area contributed by atoms with Gasteiger partial charge in [0.15, 0.2) is 11.6 Å². The molecule has 4 nitrogen and oxygen atoms in total. The van der Waals surface area contributed by atoms with Crippen molar-refractivity contribution >= 4 is 40.4 Å². The van der Waals surface area contributed by atoms with E-state index in [1.807, 2.05) is 0 Å². The molecule has 31 heavy (non-hydrogen) atoms. The van der Waals surface area contributed by atoms with Gasteiger partial charge in [0.25, 0.3) is 11.8 Å². The molecule has 0 fully saturated rings. The molecule has 156 valence electrons. The van der Waals surface area contributed by atoms with Gasteiger partial charge in [0.2, 0.25) is 0 Å². The predicted molar refractivity (Wildman–Crippen MR) is 107 cm³/mol. The molecule has 1 aliphatic rings. The van der Waals surface area contributed by atoms with Crippen LogP contribution in [0.15, 0.2) is 66.4 Å². The van der Waals surface area contributed by atoms with Crippen LogP contribution in [0.25, 0.3) is 5.57 Å². The Labute approximate surface area is 178 Å². The lowest BCUT2D eigenvalue weighted by Gasteiger charge is -2.16. The molecule has 4 rings (SSSR count). The van der Waals surface area contributed by atoms with Gasteiger partial charge in [0.05, 0.1) is 11.3 Å². The summed E-state index contributed by atoms with van der Waals surface area (Å²) in [6.45, 7) is 0. The number of nitrogens with one attached hydrogen (secondary N) is 1. The molecule has 0 saturated heterocycles. The van der Waals surface area contributed by atoms with Crippen LogP contribution in [0.3, 0.4) is 0 Å². The number of halogens is 5. The number of anilines is 2. The molecule has 0 saturated carbocycles. The number of rotatable bonds is 4. The first kappa shape index (κ1) is 20.6. The zero-order chi connectivity index (χ0) is 22.3. The highest BCUT2D eigenvalue weighted by Gasteiger charge is 2.41. The Kier molecular flexibility index (Phi) is 5.24. The first-order valence-electron chi connectivity index (χ1n) is 8.82. The number of imide groups is 1. The van der Waals surface area contributed by atoms with Gasteiger partial charge in [-0.1, -0.05) is 23.7 Å². The third-order valence-electron chi connectivity index (χ3n) is 4.56. The van der Waals surface area contributed by atoms with E-state index >= 15 is 0 Å².